The molecule has 6 nitrogen and oxygen atoms in total. The minimum Gasteiger partial charge on any atom is -0.508 e. The fraction of sp³-hybridized carbons (Fsp3) is 0.519. The molecule has 6 heteroatoms. The van der Waals surface area contributed by atoms with Gasteiger partial charge in [-0.3, -0.25) is 4.79 Å². The Morgan fingerprint density at radius 2 is 2.09 bits per heavy atom. The molecule has 5 rings (SSSR count). The number of rotatable bonds is 6. The van der Waals surface area contributed by atoms with Crippen molar-refractivity contribution in [3.05, 3.63) is 60.1 Å². The molecule has 1 aromatic heterocycles. The van der Waals surface area contributed by atoms with Gasteiger partial charge in [0.05, 0.1) is 11.9 Å². The standard InChI is InChI=1S/C27H34N2O4/c1-18(24-9-13-33-19(24)2)25(31)28-22-8-10-27(32)17-29(16-20-6-7-20)12-11-26(27,15-22)21-4-3-5-23(30)14-21/h3-5,9,13-14,20,22,30,32H,1,6-8,10-12,15-17H2,2H3,(H,28,31). The molecule has 3 aliphatic rings. The third-order valence-corrected chi connectivity index (χ3v) is 8.14. The molecule has 1 aromatic carbocycles. The highest BCUT2D eigenvalue weighted by atomic mass is 16.3. The number of β-amino-alcohol motifs (C(OH)–C–C–N with tert-alkyl or cyclic N) is 1. The third kappa shape index (κ3) is 4.11. The highest BCUT2D eigenvalue weighted by molar-refractivity contribution is 6.19. The largest absolute Gasteiger partial charge is 0.508 e. The number of piperidine rings is 1. The molecule has 2 heterocycles. The summed E-state index contributed by atoms with van der Waals surface area (Å²) in [4.78, 5) is 15.4. The van der Waals surface area contributed by atoms with Crippen LogP contribution in [0.25, 0.3) is 5.57 Å². The number of carbonyl (C=O) groups is 1. The van der Waals surface area contributed by atoms with E-state index in [1.165, 1.54) is 12.8 Å². The van der Waals surface area contributed by atoms with Crippen molar-refractivity contribution < 1.29 is 19.4 Å². The van der Waals surface area contributed by atoms with Crippen molar-refractivity contribution in [3.63, 3.8) is 0 Å². The molecular formula is C27H34N2O4. The minimum atomic E-state index is -0.896. The Morgan fingerprint density at radius 3 is 2.79 bits per heavy atom. The first kappa shape index (κ1) is 22.2. The van der Waals surface area contributed by atoms with Crippen LogP contribution in [0.3, 0.4) is 0 Å². The van der Waals surface area contributed by atoms with Gasteiger partial charge in [0.15, 0.2) is 0 Å². The summed E-state index contributed by atoms with van der Waals surface area (Å²) in [7, 11) is 0. The summed E-state index contributed by atoms with van der Waals surface area (Å²) in [6.07, 6.45) is 6.89. The summed E-state index contributed by atoms with van der Waals surface area (Å²) in [6, 6.07) is 9.00. The quantitative estimate of drug-likeness (QED) is 0.584. The molecule has 1 amide bonds. The summed E-state index contributed by atoms with van der Waals surface area (Å²) in [6.45, 7) is 8.42. The van der Waals surface area contributed by atoms with Crippen LogP contribution in [-0.4, -0.2) is 52.3 Å². The number of fused-ring (bicyclic) bond motifs is 1. The first-order valence-electron chi connectivity index (χ1n) is 12.1. The highest BCUT2D eigenvalue weighted by Crippen LogP contribution is 2.52. The number of aliphatic hydroxyl groups is 1. The van der Waals surface area contributed by atoms with Gasteiger partial charge < -0.3 is 24.8 Å². The molecule has 2 aromatic rings. The molecule has 2 saturated carbocycles. The molecular weight excluding hydrogens is 416 g/mol. The number of furan rings is 1. The maximum Gasteiger partial charge on any atom is 0.251 e. The summed E-state index contributed by atoms with van der Waals surface area (Å²) in [5, 5.41) is 25.5. The maximum absolute atomic E-state index is 13.0. The van der Waals surface area contributed by atoms with Gasteiger partial charge >= 0.3 is 0 Å². The first-order valence-corrected chi connectivity index (χ1v) is 12.1. The van der Waals surface area contributed by atoms with E-state index in [0.29, 0.717) is 37.1 Å². The number of aryl methyl sites for hydroxylation is 1. The second kappa shape index (κ2) is 8.33. The summed E-state index contributed by atoms with van der Waals surface area (Å²) >= 11 is 0. The zero-order chi connectivity index (χ0) is 23.2. The normalized spacial score (nSPS) is 29.9. The van der Waals surface area contributed by atoms with Crippen LogP contribution in [-0.2, 0) is 10.2 Å². The number of nitrogens with zero attached hydrogens (tertiary/aromatic N) is 1. The first-order chi connectivity index (χ1) is 15.8. The molecule has 3 fully saturated rings. The lowest BCUT2D eigenvalue weighted by Crippen LogP contribution is -2.67. The topological polar surface area (TPSA) is 85.9 Å². The molecule has 3 atom stereocenters. The molecule has 1 saturated heterocycles. The van der Waals surface area contributed by atoms with Crippen molar-refractivity contribution in [2.45, 2.75) is 62.5 Å². The Morgan fingerprint density at radius 1 is 1.27 bits per heavy atom. The number of phenols is 1. The van der Waals surface area contributed by atoms with Crippen molar-refractivity contribution in [2.24, 2.45) is 5.92 Å². The molecule has 176 valence electrons. The lowest BCUT2D eigenvalue weighted by Gasteiger charge is -2.58. The number of hydrogen-bond acceptors (Lipinski definition) is 5. The van der Waals surface area contributed by atoms with Crippen molar-refractivity contribution >= 4 is 11.5 Å². The number of amides is 1. The minimum absolute atomic E-state index is 0.0842. The van der Waals surface area contributed by atoms with Gasteiger partial charge in [0, 0.05) is 35.7 Å². The molecule has 3 unspecified atom stereocenters. The third-order valence-electron chi connectivity index (χ3n) is 8.14. The Hall–Kier alpha value is -2.57. The zero-order valence-corrected chi connectivity index (χ0v) is 19.3. The van der Waals surface area contributed by atoms with Gasteiger partial charge in [-0.1, -0.05) is 18.7 Å². The second-order valence-corrected chi connectivity index (χ2v) is 10.4. The number of nitrogens with one attached hydrogen (secondary N) is 1. The Labute approximate surface area is 195 Å². The van der Waals surface area contributed by atoms with E-state index in [1.807, 2.05) is 19.1 Å². The van der Waals surface area contributed by atoms with E-state index in [9.17, 15) is 15.0 Å². The van der Waals surface area contributed by atoms with E-state index in [2.05, 4.69) is 16.8 Å². The van der Waals surface area contributed by atoms with Crippen molar-refractivity contribution in [2.75, 3.05) is 19.6 Å². The maximum atomic E-state index is 13.0. The average Bonchev–Trinajstić information content (AvgIpc) is 3.50. The molecule has 1 aliphatic heterocycles. The molecule has 2 aliphatic carbocycles. The number of aromatic hydroxyl groups is 1. The number of likely N-dealkylation sites (tertiary alicyclic amines) is 1. The molecule has 0 radical (unpaired) electrons. The van der Waals surface area contributed by atoms with Crippen LogP contribution < -0.4 is 5.32 Å². The van der Waals surface area contributed by atoms with E-state index in [-0.39, 0.29) is 17.7 Å². The van der Waals surface area contributed by atoms with Gasteiger partial charge in [0.25, 0.3) is 5.91 Å². The molecule has 3 N–H and O–H groups in total. The fourth-order valence-electron chi connectivity index (χ4n) is 6.10. The van der Waals surface area contributed by atoms with Gasteiger partial charge in [0.1, 0.15) is 11.5 Å². The molecule has 0 spiro atoms. The number of carbonyl (C=O) groups excluding carboxylic acids is 1. The smallest absolute Gasteiger partial charge is 0.251 e. The lowest BCUT2D eigenvalue weighted by molar-refractivity contribution is -0.131. The molecule has 0 bridgehead atoms. The van der Waals surface area contributed by atoms with Crippen molar-refractivity contribution in [1.29, 1.82) is 0 Å². The monoisotopic (exact) mass is 450 g/mol. The Balaban J connectivity index is 1.39. The van der Waals surface area contributed by atoms with E-state index < -0.39 is 11.0 Å². The van der Waals surface area contributed by atoms with Crippen LogP contribution in [0.2, 0.25) is 0 Å². The second-order valence-electron chi connectivity index (χ2n) is 10.4. The predicted molar refractivity (Wildman–Crippen MR) is 127 cm³/mol. The van der Waals surface area contributed by atoms with Crippen molar-refractivity contribution in [3.8, 4) is 5.75 Å². The van der Waals surface area contributed by atoms with Crippen molar-refractivity contribution in [1.82, 2.24) is 10.2 Å². The zero-order valence-electron chi connectivity index (χ0n) is 19.3. The predicted octanol–water partition coefficient (Wildman–Crippen LogP) is 3.76. The Bertz CT molecular complexity index is 1060. The van der Waals surface area contributed by atoms with Gasteiger partial charge in [-0.15, -0.1) is 0 Å². The van der Waals surface area contributed by atoms with Crippen LogP contribution in [0.1, 0.15) is 55.4 Å². The summed E-state index contributed by atoms with van der Waals surface area (Å²) < 4.78 is 5.33. The van der Waals surface area contributed by atoms with E-state index >= 15 is 0 Å². The van der Waals surface area contributed by atoms with E-state index in [1.54, 1.807) is 24.5 Å². The number of benzene rings is 1. The van der Waals surface area contributed by atoms with Gasteiger partial charge in [-0.2, -0.15) is 0 Å². The van der Waals surface area contributed by atoms with E-state index in [0.717, 1.165) is 36.6 Å². The highest BCUT2D eigenvalue weighted by Gasteiger charge is 2.58. The summed E-state index contributed by atoms with van der Waals surface area (Å²) in [5.41, 5.74) is 0.658. The SMILES string of the molecule is C=C(C(=O)NC1CCC2(O)CN(CC3CC3)CCC2(c2cccc(O)c2)C1)c1ccoc1C. The summed E-state index contributed by atoms with van der Waals surface area (Å²) in [5.74, 6) is 1.45. The van der Waals surface area contributed by atoms with Crippen LogP contribution in [0, 0.1) is 12.8 Å². The van der Waals surface area contributed by atoms with Gasteiger partial charge in [-0.05, 0) is 81.7 Å². The number of phenolic OH excluding ortho intramolecular Hbond substituents is 1. The fourth-order valence-corrected chi connectivity index (χ4v) is 6.10. The van der Waals surface area contributed by atoms with Crippen LogP contribution >= 0.6 is 0 Å². The lowest BCUT2D eigenvalue weighted by atomic mass is 9.55. The number of hydrogen-bond donors (Lipinski definition) is 3. The van der Waals surface area contributed by atoms with Crippen LogP contribution in [0.4, 0.5) is 0 Å². The Kier molecular flexibility index (Phi) is 5.61. The average molecular weight is 451 g/mol. The van der Waals surface area contributed by atoms with Gasteiger partial charge in [0.2, 0.25) is 0 Å². The molecule has 33 heavy (non-hydrogen) atoms. The van der Waals surface area contributed by atoms with Gasteiger partial charge in [-0.25, -0.2) is 0 Å². The van der Waals surface area contributed by atoms with E-state index in [4.69, 9.17) is 4.42 Å². The van der Waals surface area contributed by atoms with Crippen LogP contribution in [0.5, 0.6) is 5.75 Å². The van der Waals surface area contributed by atoms with Crippen LogP contribution in [0.15, 0.2) is 47.6 Å².